The number of fused-ring (bicyclic) bond motifs is 1. The van der Waals surface area contributed by atoms with Crippen LogP contribution in [-0.2, 0) is 4.74 Å². The minimum atomic E-state index is -0.626. The molecule has 0 aromatic rings. The molecule has 0 aliphatic heterocycles. The molecule has 3 fully saturated rings. The average Bonchev–Trinajstić information content (AvgIpc) is 3.08. The first kappa shape index (κ1) is 26.7. The molecule has 0 aromatic carbocycles. The van der Waals surface area contributed by atoms with E-state index in [1.807, 2.05) is 13.8 Å². The maximum absolute atomic E-state index is 10.2. The summed E-state index contributed by atoms with van der Waals surface area (Å²) in [6, 6.07) is 0. The third-order valence-electron chi connectivity index (χ3n) is 8.68. The van der Waals surface area contributed by atoms with Crippen LogP contribution in [0.4, 0.5) is 0 Å². The Kier molecular flexibility index (Phi) is 9.05. The maximum atomic E-state index is 10.2. The summed E-state index contributed by atoms with van der Waals surface area (Å²) < 4.78 is 6.34. The molecule has 3 saturated carbocycles. The van der Waals surface area contributed by atoms with Crippen LogP contribution in [0.15, 0.2) is 35.5 Å². The van der Waals surface area contributed by atoms with Crippen LogP contribution in [-0.4, -0.2) is 45.8 Å². The van der Waals surface area contributed by atoms with Crippen LogP contribution >= 0.6 is 0 Å². The lowest BCUT2D eigenvalue weighted by Gasteiger charge is -2.44. The summed E-state index contributed by atoms with van der Waals surface area (Å²) >= 11 is 0. The standard InChI is InChI=1S/C29H48O4/c1-20-23(18-24(30)19-27(20)31)12-11-22-10-9-16-29(5)25(13-14-26(22)29)21(2)33-17-8-6-7-15-28(3,4)32/h11-12,21,24-27,30-32H,1,6-10,13-19H2,2-5H3/b22-11+,23-12-/t21-,24-,25-,26+,27+,29-/m1/s1. The second kappa shape index (κ2) is 11.2. The fourth-order valence-electron chi connectivity index (χ4n) is 6.74. The molecule has 0 heterocycles. The number of rotatable bonds is 9. The molecule has 4 nitrogen and oxygen atoms in total. The normalized spacial score (nSPS) is 36.4. The van der Waals surface area contributed by atoms with Gasteiger partial charge in [-0.1, -0.05) is 44.1 Å². The smallest absolute Gasteiger partial charge is 0.0811 e. The predicted molar refractivity (Wildman–Crippen MR) is 135 cm³/mol. The van der Waals surface area contributed by atoms with Crippen LogP contribution in [0.3, 0.4) is 0 Å². The minimum absolute atomic E-state index is 0.274. The van der Waals surface area contributed by atoms with E-state index < -0.39 is 17.8 Å². The Bertz CT molecular complexity index is 730. The van der Waals surface area contributed by atoms with Gasteiger partial charge in [-0.05, 0) is 101 Å². The summed E-state index contributed by atoms with van der Waals surface area (Å²) in [6.45, 7) is 13.4. The number of aliphatic hydroxyl groups excluding tert-OH is 2. The Hall–Kier alpha value is -0.940. The third-order valence-corrected chi connectivity index (χ3v) is 8.68. The van der Waals surface area contributed by atoms with Gasteiger partial charge in [-0.15, -0.1) is 0 Å². The van der Waals surface area contributed by atoms with Crippen molar-refractivity contribution in [3.63, 3.8) is 0 Å². The number of ether oxygens (including phenoxy) is 1. The molecular formula is C29H48O4. The monoisotopic (exact) mass is 460 g/mol. The van der Waals surface area contributed by atoms with Gasteiger partial charge in [0.15, 0.2) is 0 Å². The Morgan fingerprint density at radius 2 is 1.94 bits per heavy atom. The highest BCUT2D eigenvalue weighted by Gasteiger charge is 2.51. The van der Waals surface area contributed by atoms with Crippen molar-refractivity contribution in [2.75, 3.05) is 6.61 Å². The third kappa shape index (κ3) is 6.81. The summed E-state index contributed by atoms with van der Waals surface area (Å²) in [6.07, 6.45) is 14.7. The van der Waals surface area contributed by atoms with Crippen molar-refractivity contribution in [1.29, 1.82) is 0 Å². The number of hydrogen-bond donors (Lipinski definition) is 3. The highest BCUT2D eigenvalue weighted by atomic mass is 16.5. The van der Waals surface area contributed by atoms with Gasteiger partial charge in [0.2, 0.25) is 0 Å². The van der Waals surface area contributed by atoms with Crippen molar-refractivity contribution in [2.24, 2.45) is 17.3 Å². The van der Waals surface area contributed by atoms with Gasteiger partial charge in [-0.3, -0.25) is 0 Å². The van der Waals surface area contributed by atoms with Crippen LogP contribution in [0.1, 0.15) is 98.3 Å². The van der Waals surface area contributed by atoms with E-state index in [1.54, 1.807) is 0 Å². The van der Waals surface area contributed by atoms with Gasteiger partial charge in [-0.2, -0.15) is 0 Å². The molecule has 0 bridgehead atoms. The second-order valence-electron chi connectivity index (χ2n) is 11.9. The lowest BCUT2D eigenvalue weighted by atomic mass is 9.62. The molecule has 6 atom stereocenters. The number of unbranched alkanes of at least 4 members (excludes halogenated alkanes) is 2. The largest absolute Gasteiger partial charge is 0.393 e. The van der Waals surface area contributed by atoms with Crippen molar-refractivity contribution in [3.8, 4) is 0 Å². The molecule has 0 radical (unpaired) electrons. The zero-order valence-corrected chi connectivity index (χ0v) is 21.5. The van der Waals surface area contributed by atoms with Crippen LogP contribution in [0.25, 0.3) is 0 Å². The lowest BCUT2D eigenvalue weighted by Crippen LogP contribution is -2.38. The van der Waals surface area contributed by atoms with E-state index in [1.165, 1.54) is 31.3 Å². The van der Waals surface area contributed by atoms with Crippen molar-refractivity contribution in [1.82, 2.24) is 0 Å². The SMILES string of the molecule is C=C1/C(=C\C=C2/CCC[C@]3(C)[C@@H]([C@@H](C)OCCCCCC(C)(C)O)CC[C@@H]23)C[C@@H](O)C[C@@H]1O. The van der Waals surface area contributed by atoms with E-state index in [0.717, 1.165) is 49.9 Å². The first-order chi connectivity index (χ1) is 15.5. The molecule has 0 spiro atoms. The van der Waals surface area contributed by atoms with Crippen molar-refractivity contribution in [3.05, 3.63) is 35.5 Å². The second-order valence-corrected chi connectivity index (χ2v) is 11.9. The van der Waals surface area contributed by atoms with Crippen LogP contribution < -0.4 is 0 Å². The van der Waals surface area contributed by atoms with Gasteiger partial charge in [0.05, 0.1) is 23.9 Å². The fraction of sp³-hybridized carbons (Fsp3) is 0.793. The summed E-state index contributed by atoms with van der Waals surface area (Å²) in [7, 11) is 0. The Morgan fingerprint density at radius 1 is 1.18 bits per heavy atom. The van der Waals surface area contributed by atoms with E-state index in [2.05, 4.69) is 32.6 Å². The zero-order chi connectivity index (χ0) is 24.2. The van der Waals surface area contributed by atoms with E-state index in [4.69, 9.17) is 4.74 Å². The molecule has 0 aromatic heterocycles. The molecule has 3 aliphatic carbocycles. The van der Waals surface area contributed by atoms with Crippen LogP contribution in [0, 0.1) is 17.3 Å². The highest BCUT2D eigenvalue weighted by molar-refractivity contribution is 5.38. The maximum Gasteiger partial charge on any atom is 0.0811 e. The number of allylic oxidation sites excluding steroid dienone is 3. The van der Waals surface area contributed by atoms with E-state index in [-0.39, 0.29) is 11.5 Å². The zero-order valence-electron chi connectivity index (χ0n) is 21.5. The molecule has 3 N–H and O–H groups in total. The summed E-state index contributed by atoms with van der Waals surface area (Å²) in [4.78, 5) is 0. The van der Waals surface area contributed by atoms with E-state index in [0.29, 0.717) is 24.7 Å². The fourth-order valence-corrected chi connectivity index (χ4v) is 6.74. The molecule has 0 saturated heterocycles. The van der Waals surface area contributed by atoms with Crippen LogP contribution in [0.2, 0.25) is 0 Å². The van der Waals surface area contributed by atoms with E-state index >= 15 is 0 Å². The topological polar surface area (TPSA) is 69.9 Å². The molecule has 0 amide bonds. The first-order valence-electron chi connectivity index (χ1n) is 13.3. The molecular weight excluding hydrogens is 412 g/mol. The van der Waals surface area contributed by atoms with E-state index in [9.17, 15) is 15.3 Å². The summed E-state index contributed by atoms with van der Waals surface area (Å²) in [5, 5.41) is 30.1. The van der Waals surface area contributed by atoms with Crippen molar-refractivity contribution >= 4 is 0 Å². The van der Waals surface area contributed by atoms with Gasteiger partial charge < -0.3 is 20.1 Å². The van der Waals surface area contributed by atoms with Gasteiger partial charge >= 0.3 is 0 Å². The van der Waals surface area contributed by atoms with Gasteiger partial charge in [-0.25, -0.2) is 0 Å². The molecule has 4 heteroatoms. The Labute approximate surface area is 201 Å². The molecule has 188 valence electrons. The number of hydrogen-bond acceptors (Lipinski definition) is 4. The van der Waals surface area contributed by atoms with Gasteiger partial charge in [0, 0.05) is 13.0 Å². The molecule has 33 heavy (non-hydrogen) atoms. The quantitative estimate of drug-likeness (QED) is 0.377. The number of aliphatic hydroxyl groups is 3. The molecule has 3 rings (SSSR count). The van der Waals surface area contributed by atoms with Gasteiger partial charge in [0.25, 0.3) is 0 Å². The average molecular weight is 461 g/mol. The highest BCUT2D eigenvalue weighted by Crippen LogP contribution is 2.58. The van der Waals surface area contributed by atoms with Crippen molar-refractivity contribution < 1.29 is 20.1 Å². The predicted octanol–water partition coefficient (Wildman–Crippen LogP) is 5.86. The Balaban J connectivity index is 1.57. The first-order valence-corrected chi connectivity index (χ1v) is 13.3. The molecule has 3 aliphatic rings. The lowest BCUT2D eigenvalue weighted by molar-refractivity contribution is -0.0264. The van der Waals surface area contributed by atoms with Crippen LogP contribution in [0.5, 0.6) is 0 Å². The molecule has 0 unspecified atom stereocenters. The van der Waals surface area contributed by atoms with Gasteiger partial charge in [0.1, 0.15) is 0 Å². The summed E-state index contributed by atoms with van der Waals surface area (Å²) in [5.74, 6) is 1.18. The summed E-state index contributed by atoms with van der Waals surface area (Å²) in [5.41, 5.74) is 3.01. The Morgan fingerprint density at radius 3 is 2.67 bits per heavy atom. The van der Waals surface area contributed by atoms with Crippen molar-refractivity contribution in [2.45, 2.75) is 122 Å². The minimum Gasteiger partial charge on any atom is -0.393 e.